The van der Waals surface area contributed by atoms with Crippen LogP contribution in [0, 0.1) is 13.8 Å². The molecule has 94 valence electrons. The van der Waals surface area contributed by atoms with Crippen molar-refractivity contribution in [2.45, 2.75) is 26.1 Å². The van der Waals surface area contributed by atoms with Gasteiger partial charge in [0.05, 0.1) is 6.54 Å². The Balaban J connectivity index is 2.33. The van der Waals surface area contributed by atoms with E-state index in [1.54, 1.807) is 6.92 Å². The molecular weight excluding hydrogens is 238 g/mol. The van der Waals surface area contributed by atoms with Crippen molar-refractivity contribution in [3.63, 3.8) is 0 Å². The number of halogens is 1. The third kappa shape index (κ3) is 5.09. The van der Waals surface area contributed by atoms with Crippen LogP contribution in [0.3, 0.4) is 0 Å². The van der Waals surface area contributed by atoms with E-state index in [2.05, 4.69) is 11.4 Å². The number of alkyl halides is 1. The first-order valence-electron chi connectivity index (χ1n) is 5.62. The van der Waals surface area contributed by atoms with Gasteiger partial charge in [0.1, 0.15) is 17.7 Å². The fraction of sp³-hybridized carbons (Fsp3) is 0.462. The molecule has 1 amide bonds. The van der Waals surface area contributed by atoms with E-state index in [1.165, 1.54) is 11.1 Å². The smallest absolute Gasteiger partial charge is 0.237 e. The molecule has 3 nitrogen and oxygen atoms in total. The molecule has 1 aromatic carbocycles. The minimum atomic E-state index is -0.504. The van der Waals surface area contributed by atoms with Gasteiger partial charge in [-0.3, -0.25) is 4.79 Å². The van der Waals surface area contributed by atoms with Crippen molar-refractivity contribution in [1.82, 2.24) is 5.32 Å². The number of carbonyl (C=O) groups excluding carboxylic acids is 1. The maximum Gasteiger partial charge on any atom is 0.237 e. The van der Waals surface area contributed by atoms with Gasteiger partial charge in [-0.1, -0.05) is 6.07 Å². The molecule has 17 heavy (non-hydrogen) atoms. The first kappa shape index (κ1) is 13.8. The topological polar surface area (TPSA) is 38.3 Å². The van der Waals surface area contributed by atoms with Crippen molar-refractivity contribution < 1.29 is 9.53 Å². The number of benzene rings is 1. The highest BCUT2D eigenvalue weighted by Crippen LogP contribution is 2.15. The predicted molar refractivity (Wildman–Crippen MR) is 69.7 cm³/mol. The molecular formula is C13H18ClNO2. The highest BCUT2D eigenvalue weighted by Gasteiger charge is 2.07. The van der Waals surface area contributed by atoms with Gasteiger partial charge in [-0.2, -0.15) is 0 Å². The van der Waals surface area contributed by atoms with E-state index in [1.807, 2.05) is 26.0 Å². The van der Waals surface area contributed by atoms with Gasteiger partial charge in [0.2, 0.25) is 5.91 Å². The van der Waals surface area contributed by atoms with Gasteiger partial charge >= 0.3 is 0 Å². The first-order chi connectivity index (χ1) is 7.99. The summed E-state index contributed by atoms with van der Waals surface area (Å²) in [5.74, 6) is 0.659. The second kappa shape index (κ2) is 6.50. The number of ether oxygens (including phenoxy) is 1. The van der Waals surface area contributed by atoms with Crippen molar-refractivity contribution >= 4 is 17.5 Å². The van der Waals surface area contributed by atoms with Crippen LogP contribution in [0.15, 0.2) is 18.2 Å². The minimum absolute atomic E-state index is 0.171. The normalized spacial score (nSPS) is 12.0. The van der Waals surface area contributed by atoms with Crippen LogP contribution < -0.4 is 10.1 Å². The Morgan fingerprint density at radius 2 is 1.94 bits per heavy atom. The van der Waals surface area contributed by atoms with E-state index in [0.717, 1.165) is 5.75 Å². The Morgan fingerprint density at radius 1 is 1.35 bits per heavy atom. The Morgan fingerprint density at radius 3 is 2.47 bits per heavy atom. The molecule has 1 aromatic rings. The lowest BCUT2D eigenvalue weighted by Gasteiger charge is -2.09. The fourth-order valence-corrected chi connectivity index (χ4v) is 1.58. The molecule has 0 spiro atoms. The largest absolute Gasteiger partial charge is 0.492 e. The van der Waals surface area contributed by atoms with Crippen LogP contribution in [-0.4, -0.2) is 24.4 Å². The molecule has 0 radical (unpaired) electrons. The monoisotopic (exact) mass is 255 g/mol. The zero-order valence-corrected chi connectivity index (χ0v) is 11.2. The summed E-state index contributed by atoms with van der Waals surface area (Å²) < 4.78 is 5.54. The van der Waals surface area contributed by atoms with Gasteiger partial charge < -0.3 is 10.1 Å². The van der Waals surface area contributed by atoms with E-state index in [9.17, 15) is 4.79 Å². The second-order valence-corrected chi connectivity index (χ2v) is 4.73. The maximum absolute atomic E-state index is 11.2. The van der Waals surface area contributed by atoms with Crippen molar-refractivity contribution in [2.75, 3.05) is 13.2 Å². The highest BCUT2D eigenvalue weighted by molar-refractivity contribution is 6.30. The quantitative estimate of drug-likeness (QED) is 0.648. The summed E-state index contributed by atoms with van der Waals surface area (Å²) in [6, 6.07) is 6.03. The molecule has 0 bridgehead atoms. The van der Waals surface area contributed by atoms with Crippen molar-refractivity contribution in [3.05, 3.63) is 29.3 Å². The number of hydrogen-bond donors (Lipinski definition) is 1. The Hall–Kier alpha value is -1.22. The van der Waals surface area contributed by atoms with Crippen LogP contribution in [0.2, 0.25) is 0 Å². The lowest BCUT2D eigenvalue weighted by Crippen LogP contribution is -2.32. The summed E-state index contributed by atoms with van der Waals surface area (Å²) in [4.78, 5) is 11.2. The fourth-order valence-electron chi connectivity index (χ4n) is 1.50. The lowest BCUT2D eigenvalue weighted by molar-refractivity contribution is -0.120. The SMILES string of the molecule is Cc1cc(C)cc(OCCNC(=O)C(C)Cl)c1. The molecule has 0 saturated carbocycles. The summed E-state index contributed by atoms with van der Waals surface area (Å²) in [6.07, 6.45) is 0. The summed E-state index contributed by atoms with van der Waals surface area (Å²) in [7, 11) is 0. The van der Waals surface area contributed by atoms with Crippen molar-refractivity contribution in [2.24, 2.45) is 0 Å². The average molecular weight is 256 g/mol. The molecule has 0 aliphatic heterocycles. The average Bonchev–Trinajstić information content (AvgIpc) is 2.22. The van der Waals surface area contributed by atoms with E-state index >= 15 is 0 Å². The predicted octanol–water partition coefficient (Wildman–Crippen LogP) is 2.43. The van der Waals surface area contributed by atoms with Gasteiger partial charge in [-0.05, 0) is 44.0 Å². The van der Waals surface area contributed by atoms with Gasteiger partial charge in [-0.15, -0.1) is 11.6 Å². The standard InChI is InChI=1S/C13H18ClNO2/c1-9-6-10(2)8-12(7-9)17-5-4-15-13(16)11(3)14/h6-8,11H,4-5H2,1-3H3,(H,15,16). The summed E-state index contributed by atoms with van der Waals surface area (Å²) in [5, 5.41) is 2.18. The van der Waals surface area contributed by atoms with Crippen molar-refractivity contribution in [1.29, 1.82) is 0 Å². The Labute approximate surface area is 107 Å². The number of rotatable bonds is 5. The van der Waals surface area contributed by atoms with Gasteiger partial charge in [0.15, 0.2) is 0 Å². The zero-order chi connectivity index (χ0) is 12.8. The molecule has 1 rings (SSSR count). The van der Waals surface area contributed by atoms with Gasteiger partial charge in [0.25, 0.3) is 0 Å². The van der Waals surface area contributed by atoms with E-state index in [4.69, 9.17) is 16.3 Å². The molecule has 0 fully saturated rings. The van der Waals surface area contributed by atoms with Gasteiger partial charge in [-0.25, -0.2) is 0 Å². The molecule has 1 unspecified atom stereocenters. The van der Waals surface area contributed by atoms with E-state index in [0.29, 0.717) is 13.2 Å². The molecule has 0 aromatic heterocycles. The lowest BCUT2D eigenvalue weighted by atomic mass is 10.1. The number of carbonyl (C=O) groups is 1. The minimum Gasteiger partial charge on any atom is -0.492 e. The highest BCUT2D eigenvalue weighted by atomic mass is 35.5. The number of amides is 1. The number of nitrogens with one attached hydrogen (secondary N) is 1. The van der Waals surface area contributed by atoms with Gasteiger partial charge in [0, 0.05) is 0 Å². The van der Waals surface area contributed by atoms with Crippen LogP contribution >= 0.6 is 11.6 Å². The summed E-state index contributed by atoms with van der Waals surface area (Å²) >= 11 is 5.61. The molecule has 0 aliphatic carbocycles. The molecule has 0 aliphatic rings. The summed E-state index contributed by atoms with van der Waals surface area (Å²) in [6.45, 7) is 6.59. The van der Waals surface area contributed by atoms with Crippen LogP contribution in [-0.2, 0) is 4.79 Å². The summed E-state index contributed by atoms with van der Waals surface area (Å²) in [5.41, 5.74) is 2.33. The van der Waals surface area contributed by atoms with E-state index < -0.39 is 5.38 Å². The zero-order valence-electron chi connectivity index (χ0n) is 10.4. The molecule has 1 N–H and O–H groups in total. The second-order valence-electron chi connectivity index (χ2n) is 4.08. The van der Waals surface area contributed by atoms with Crippen LogP contribution in [0.5, 0.6) is 5.75 Å². The molecule has 4 heteroatoms. The van der Waals surface area contributed by atoms with Crippen molar-refractivity contribution in [3.8, 4) is 5.75 Å². The molecule has 0 heterocycles. The first-order valence-corrected chi connectivity index (χ1v) is 6.05. The third-order valence-corrected chi connectivity index (χ3v) is 2.42. The van der Waals surface area contributed by atoms with Crippen LogP contribution in [0.4, 0.5) is 0 Å². The number of aryl methyl sites for hydroxylation is 2. The third-order valence-electron chi connectivity index (χ3n) is 2.23. The maximum atomic E-state index is 11.2. The molecule has 0 saturated heterocycles. The molecule has 1 atom stereocenters. The number of hydrogen-bond acceptors (Lipinski definition) is 2. The van der Waals surface area contributed by atoms with Crippen LogP contribution in [0.1, 0.15) is 18.1 Å². The Bertz CT molecular complexity index is 371. The van der Waals surface area contributed by atoms with Crippen LogP contribution in [0.25, 0.3) is 0 Å². The van der Waals surface area contributed by atoms with E-state index in [-0.39, 0.29) is 5.91 Å². The Kier molecular flexibility index (Phi) is 5.29.